The van der Waals surface area contributed by atoms with Crippen LogP contribution in [0.3, 0.4) is 0 Å². The minimum atomic E-state index is -0.648. The summed E-state index contributed by atoms with van der Waals surface area (Å²) >= 11 is 6.11. The number of carbonyl (C=O) groups is 3. The number of carbonyl (C=O) groups excluding carboxylic acids is 3. The Labute approximate surface area is 250 Å². The molecule has 220 valence electrons. The number of benzene rings is 2. The molecule has 2 aromatic carbocycles. The Morgan fingerprint density at radius 1 is 1.00 bits per heavy atom. The monoisotopic (exact) mass is 590 g/mol. The number of nitrogens with one attached hydrogen (secondary N) is 1. The first-order valence-electron chi connectivity index (χ1n) is 14.8. The van der Waals surface area contributed by atoms with Crippen LogP contribution in [0, 0.1) is 17.7 Å². The Kier molecular flexibility index (Phi) is 7.50. The van der Waals surface area contributed by atoms with Gasteiger partial charge < -0.3 is 10.1 Å². The highest BCUT2D eigenvalue weighted by molar-refractivity contribution is 6.30. The standard InChI is InChI=1S/C34H36ClFN2O4/c1-19-9-11-22(34(2,3)21-7-5-4-6-8-21)29(15-19)42-33(41)38-17-26-32(28(40)18-38)30(20-10-12-24(36)23(35)16-20)31-25(37-26)13-14-27(31)39/h4-8,10,12,16,19,22,29-30,37H,9,11,13-15,17-18H2,1-3H3/t19-,22-,29-,30?/m1/s1. The number of allylic oxidation sites excluding steroid dienone is 2. The first-order valence-corrected chi connectivity index (χ1v) is 15.2. The lowest BCUT2D eigenvalue weighted by Gasteiger charge is -2.44. The van der Waals surface area contributed by atoms with E-state index in [-0.39, 0.29) is 47.1 Å². The number of hydrogen-bond donors (Lipinski definition) is 1. The van der Waals surface area contributed by atoms with Crippen molar-refractivity contribution in [2.45, 2.75) is 70.3 Å². The second-order valence-corrected chi connectivity index (χ2v) is 13.2. The lowest BCUT2D eigenvalue weighted by Crippen LogP contribution is -2.50. The molecule has 1 unspecified atom stereocenters. The normalized spacial score (nSPS) is 26.2. The fraction of sp³-hybridized carbons (Fsp3) is 0.441. The maximum absolute atomic E-state index is 14.0. The Hall–Kier alpha value is -3.45. The molecule has 2 aromatic rings. The molecule has 42 heavy (non-hydrogen) atoms. The molecule has 4 aliphatic rings. The summed E-state index contributed by atoms with van der Waals surface area (Å²) in [5.74, 6) is -0.960. The molecule has 4 atom stereocenters. The molecule has 2 heterocycles. The highest BCUT2D eigenvalue weighted by Gasteiger charge is 2.46. The number of hydrogen-bond acceptors (Lipinski definition) is 5. The van der Waals surface area contributed by atoms with E-state index < -0.39 is 17.8 Å². The van der Waals surface area contributed by atoms with E-state index in [9.17, 15) is 18.8 Å². The van der Waals surface area contributed by atoms with Crippen molar-refractivity contribution in [3.05, 3.63) is 93.0 Å². The Balaban J connectivity index is 1.27. The molecular weight excluding hydrogens is 555 g/mol. The van der Waals surface area contributed by atoms with E-state index in [2.05, 4.69) is 38.2 Å². The second kappa shape index (κ2) is 11.0. The predicted octanol–water partition coefficient (Wildman–Crippen LogP) is 6.84. The van der Waals surface area contributed by atoms with E-state index in [0.29, 0.717) is 41.2 Å². The Bertz CT molecular complexity index is 1510. The topological polar surface area (TPSA) is 75.7 Å². The van der Waals surface area contributed by atoms with Gasteiger partial charge in [-0.25, -0.2) is 9.18 Å². The van der Waals surface area contributed by atoms with Crippen molar-refractivity contribution in [2.24, 2.45) is 11.8 Å². The smallest absolute Gasteiger partial charge is 0.410 e. The average Bonchev–Trinajstić information content (AvgIpc) is 3.33. The predicted molar refractivity (Wildman–Crippen MR) is 158 cm³/mol. The minimum Gasteiger partial charge on any atom is -0.446 e. The van der Waals surface area contributed by atoms with Crippen LogP contribution in [0.5, 0.6) is 0 Å². The summed E-state index contributed by atoms with van der Waals surface area (Å²) in [5, 5.41) is 3.25. The fourth-order valence-electron chi connectivity index (χ4n) is 7.39. The average molecular weight is 591 g/mol. The van der Waals surface area contributed by atoms with Gasteiger partial charge in [0, 0.05) is 40.8 Å². The Morgan fingerprint density at radius 2 is 1.74 bits per heavy atom. The van der Waals surface area contributed by atoms with E-state index in [1.807, 2.05) is 18.2 Å². The largest absolute Gasteiger partial charge is 0.446 e. The third kappa shape index (κ3) is 5.06. The molecule has 2 aliphatic carbocycles. The van der Waals surface area contributed by atoms with Crippen LogP contribution in [0.2, 0.25) is 5.02 Å². The van der Waals surface area contributed by atoms with Crippen molar-refractivity contribution >= 4 is 29.3 Å². The first-order chi connectivity index (χ1) is 20.0. The van der Waals surface area contributed by atoms with Gasteiger partial charge in [-0.2, -0.15) is 0 Å². The molecule has 1 saturated carbocycles. The van der Waals surface area contributed by atoms with Crippen molar-refractivity contribution in [1.29, 1.82) is 0 Å². The van der Waals surface area contributed by atoms with Crippen LogP contribution < -0.4 is 5.32 Å². The van der Waals surface area contributed by atoms with Gasteiger partial charge in [0.05, 0.1) is 18.1 Å². The van der Waals surface area contributed by atoms with E-state index in [1.165, 1.54) is 22.6 Å². The van der Waals surface area contributed by atoms with Gasteiger partial charge in [0.1, 0.15) is 11.9 Å². The van der Waals surface area contributed by atoms with Crippen LogP contribution in [-0.2, 0) is 19.7 Å². The quantitative estimate of drug-likeness (QED) is 0.422. The number of Topliss-reactive ketones (excluding diaryl/α,β-unsaturated/α-hetero) is 2. The van der Waals surface area contributed by atoms with Gasteiger partial charge in [0.2, 0.25) is 0 Å². The van der Waals surface area contributed by atoms with E-state index in [0.717, 1.165) is 25.0 Å². The summed E-state index contributed by atoms with van der Waals surface area (Å²) in [6, 6.07) is 14.7. The van der Waals surface area contributed by atoms with Crippen LogP contribution in [0.4, 0.5) is 9.18 Å². The highest BCUT2D eigenvalue weighted by Crippen LogP contribution is 2.46. The maximum atomic E-state index is 14.0. The molecular formula is C34H36ClFN2O4. The van der Waals surface area contributed by atoms with Crippen molar-refractivity contribution in [3.8, 4) is 0 Å². The van der Waals surface area contributed by atoms with Crippen LogP contribution in [-0.4, -0.2) is 41.8 Å². The zero-order valence-corrected chi connectivity index (χ0v) is 25.0. The summed E-state index contributed by atoms with van der Waals surface area (Å²) in [7, 11) is 0. The number of nitrogens with zero attached hydrogens (tertiary/aromatic N) is 1. The summed E-state index contributed by atoms with van der Waals surface area (Å²) in [6.07, 6.45) is 2.86. The van der Waals surface area contributed by atoms with Crippen LogP contribution in [0.1, 0.15) is 69.9 Å². The van der Waals surface area contributed by atoms with Crippen molar-refractivity contribution in [3.63, 3.8) is 0 Å². The van der Waals surface area contributed by atoms with Gasteiger partial charge in [0.25, 0.3) is 0 Å². The Morgan fingerprint density at radius 3 is 2.48 bits per heavy atom. The van der Waals surface area contributed by atoms with Gasteiger partial charge >= 0.3 is 6.09 Å². The zero-order chi connectivity index (χ0) is 29.8. The number of rotatable bonds is 4. The molecule has 1 N–H and O–H groups in total. The molecule has 0 saturated heterocycles. The summed E-state index contributed by atoms with van der Waals surface area (Å²) < 4.78 is 20.3. The van der Waals surface area contributed by atoms with Gasteiger partial charge in [-0.05, 0) is 53.9 Å². The molecule has 6 rings (SSSR count). The second-order valence-electron chi connectivity index (χ2n) is 12.8. The van der Waals surface area contributed by atoms with E-state index >= 15 is 0 Å². The van der Waals surface area contributed by atoms with Crippen molar-refractivity contribution < 1.29 is 23.5 Å². The van der Waals surface area contributed by atoms with E-state index in [1.54, 1.807) is 6.07 Å². The van der Waals surface area contributed by atoms with Gasteiger partial charge in [-0.15, -0.1) is 0 Å². The van der Waals surface area contributed by atoms with Gasteiger partial charge in [-0.1, -0.05) is 75.2 Å². The number of amides is 1. The highest BCUT2D eigenvalue weighted by atomic mass is 35.5. The van der Waals surface area contributed by atoms with Crippen LogP contribution in [0.15, 0.2) is 71.1 Å². The zero-order valence-electron chi connectivity index (χ0n) is 24.2. The lowest BCUT2D eigenvalue weighted by atomic mass is 9.64. The molecule has 0 bridgehead atoms. The maximum Gasteiger partial charge on any atom is 0.410 e. The van der Waals surface area contributed by atoms with Crippen molar-refractivity contribution in [1.82, 2.24) is 10.2 Å². The van der Waals surface area contributed by atoms with Gasteiger partial charge in [0.15, 0.2) is 11.6 Å². The molecule has 0 radical (unpaired) electrons. The molecule has 8 heteroatoms. The number of ketones is 2. The molecule has 0 spiro atoms. The fourth-order valence-corrected chi connectivity index (χ4v) is 7.58. The third-order valence-corrected chi connectivity index (χ3v) is 9.99. The molecule has 6 nitrogen and oxygen atoms in total. The number of halogens is 2. The van der Waals surface area contributed by atoms with Crippen LogP contribution in [0.25, 0.3) is 0 Å². The molecule has 0 aromatic heterocycles. The van der Waals surface area contributed by atoms with Gasteiger partial charge in [-0.3, -0.25) is 14.5 Å². The molecule has 1 fully saturated rings. The summed E-state index contributed by atoms with van der Waals surface area (Å²) in [6.45, 7) is 6.62. The summed E-state index contributed by atoms with van der Waals surface area (Å²) in [4.78, 5) is 41.8. The third-order valence-electron chi connectivity index (χ3n) is 9.70. The van der Waals surface area contributed by atoms with Crippen molar-refractivity contribution in [2.75, 3.05) is 13.1 Å². The SMILES string of the molecule is C[C@@H]1CC[C@@H](C(C)(C)c2ccccc2)[C@H](OC(=O)N2CC(=O)C3=C(C2)NC2=C(C(=O)CC2)C3c2ccc(F)c(Cl)c2)C1. The minimum absolute atomic E-state index is 0.0392. The number of dihydropyridines is 1. The molecule has 2 aliphatic heterocycles. The number of ether oxygens (including phenoxy) is 1. The summed E-state index contributed by atoms with van der Waals surface area (Å²) in [5.41, 5.74) is 3.89. The molecule has 1 amide bonds. The van der Waals surface area contributed by atoms with E-state index in [4.69, 9.17) is 16.3 Å². The van der Waals surface area contributed by atoms with Crippen LogP contribution >= 0.6 is 11.6 Å². The lowest BCUT2D eigenvalue weighted by molar-refractivity contribution is -0.117. The first kappa shape index (κ1) is 28.7.